The van der Waals surface area contributed by atoms with Crippen molar-refractivity contribution in [2.45, 2.75) is 58.2 Å². The normalized spacial score (nSPS) is 18.7. The second-order valence-electron chi connectivity index (χ2n) is 6.87. The van der Waals surface area contributed by atoms with Crippen LogP contribution in [0.25, 0.3) is 0 Å². The number of aliphatic hydroxyl groups is 1. The summed E-state index contributed by atoms with van der Waals surface area (Å²) in [5.41, 5.74) is 2.43. The van der Waals surface area contributed by atoms with Gasteiger partial charge < -0.3 is 10.4 Å². The van der Waals surface area contributed by atoms with E-state index in [1.54, 1.807) is 0 Å². The molecule has 0 aromatic heterocycles. The molecular weight excluding hydrogens is 260 g/mol. The molecule has 3 heteroatoms. The quantitative estimate of drug-likeness (QED) is 0.845. The highest BCUT2D eigenvalue weighted by Gasteiger charge is 2.28. The van der Waals surface area contributed by atoms with E-state index >= 15 is 0 Å². The van der Waals surface area contributed by atoms with Crippen molar-refractivity contribution in [1.82, 2.24) is 10.2 Å². The first kappa shape index (κ1) is 16.5. The monoisotopic (exact) mass is 290 g/mol. The van der Waals surface area contributed by atoms with Crippen LogP contribution in [0.3, 0.4) is 0 Å². The number of nitrogens with one attached hydrogen (secondary N) is 1. The summed E-state index contributed by atoms with van der Waals surface area (Å²) in [7, 11) is 0. The summed E-state index contributed by atoms with van der Waals surface area (Å²) in [6, 6.07) is 8.51. The van der Waals surface area contributed by atoms with Gasteiger partial charge in [-0.05, 0) is 57.8 Å². The Morgan fingerprint density at radius 3 is 2.62 bits per heavy atom. The van der Waals surface area contributed by atoms with E-state index in [9.17, 15) is 5.11 Å². The van der Waals surface area contributed by atoms with Crippen LogP contribution in [0.2, 0.25) is 0 Å². The molecule has 0 aliphatic carbocycles. The Balaban J connectivity index is 1.91. The molecule has 2 rings (SSSR count). The van der Waals surface area contributed by atoms with Gasteiger partial charge in [0.2, 0.25) is 0 Å². The van der Waals surface area contributed by atoms with E-state index in [1.165, 1.54) is 37.9 Å². The third-order valence-corrected chi connectivity index (χ3v) is 4.69. The van der Waals surface area contributed by atoms with E-state index in [0.29, 0.717) is 6.04 Å². The van der Waals surface area contributed by atoms with Crippen LogP contribution in [0.4, 0.5) is 0 Å². The number of aliphatic hydroxyl groups excluding tert-OH is 1. The third-order valence-electron chi connectivity index (χ3n) is 4.69. The molecular formula is C18H30N2O. The van der Waals surface area contributed by atoms with E-state index in [-0.39, 0.29) is 12.1 Å². The summed E-state index contributed by atoms with van der Waals surface area (Å²) < 4.78 is 0. The summed E-state index contributed by atoms with van der Waals surface area (Å²) in [4.78, 5) is 2.61. The number of benzene rings is 1. The zero-order valence-electron chi connectivity index (χ0n) is 13.7. The maximum Gasteiger partial charge on any atom is 0.0681 e. The number of hydrogen-bond acceptors (Lipinski definition) is 3. The van der Waals surface area contributed by atoms with Gasteiger partial charge in [0.15, 0.2) is 0 Å². The van der Waals surface area contributed by atoms with E-state index in [1.807, 2.05) is 12.1 Å². The van der Waals surface area contributed by atoms with E-state index in [0.717, 1.165) is 12.1 Å². The average molecular weight is 290 g/mol. The van der Waals surface area contributed by atoms with Gasteiger partial charge in [0, 0.05) is 18.1 Å². The van der Waals surface area contributed by atoms with Crippen LogP contribution >= 0.6 is 0 Å². The largest absolute Gasteiger partial charge is 0.392 e. The molecule has 1 fully saturated rings. The molecule has 1 atom stereocenters. The highest BCUT2D eigenvalue weighted by atomic mass is 16.3. The van der Waals surface area contributed by atoms with Gasteiger partial charge in [0.05, 0.1) is 6.61 Å². The van der Waals surface area contributed by atoms with E-state index in [4.69, 9.17) is 0 Å². The minimum Gasteiger partial charge on any atom is -0.392 e. The molecule has 1 aromatic carbocycles. The Morgan fingerprint density at radius 1 is 1.24 bits per heavy atom. The SMILES string of the molecule is CC(NCC(C)(C)N1CCCCC1)c1cccc(CO)c1. The Labute approximate surface area is 129 Å². The number of hydrogen-bond donors (Lipinski definition) is 2. The van der Waals surface area contributed by atoms with Crippen LogP contribution in [0.15, 0.2) is 24.3 Å². The summed E-state index contributed by atoms with van der Waals surface area (Å²) in [6.45, 7) is 10.4. The fraction of sp³-hybridized carbons (Fsp3) is 0.667. The molecule has 1 aliphatic heterocycles. The number of likely N-dealkylation sites (tertiary alicyclic amines) is 1. The molecule has 3 nitrogen and oxygen atoms in total. The van der Waals surface area contributed by atoms with Crippen molar-refractivity contribution >= 4 is 0 Å². The van der Waals surface area contributed by atoms with Crippen LogP contribution < -0.4 is 5.32 Å². The first-order valence-corrected chi connectivity index (χ1v) is 8.21. The summed E-state index contributed by atoms with van der Waals surface area (Å²) in [5, 5.41) is 12.9. The summed E-state index contributed by atoms with van der Waals surface area (Å²) in [5.74, 6) is 0. The maximum atomic E-state index is 9.25. The van der Waals surface area contributed by atoms with Crippen LogP contribution in [0, 0.1) is 0 Å². The van der Waals surface area contributed by atoms with Crippen molar-refractivity contribution in [2.75, 3.05) is 19.6 Å². The van der Waals surface area contributed by atoms with Crippen molar-refractivity contribution in [1.29, 1.82) is 0 Å². The molecule has 21 heavy (non-hydrogen) atoms. The maximum absolute atomic E-state index is 9.25. The Morgan fingerprint density at radius 2 is 1.95 bits per heavy atom. The Kier molecular flexibility index (Phi) is 5.80. The van der Waals surface area contributed by atoms with Gasteiger partial charge in [0.25, 0.3) is 0 Å². The first-order chi connectivity index (χ1) is 10.0. The Bertz CT molecular complexity index is 439. The van der Waals surface area contributed by atoms with Crippen LogP contribution in [-0.2, 0) is 6.61 Å². The molecule has 0 bridgehead atoms. The summed E-state index contributed by atoms with van der Waals surface area (Å²) in [6.07, 6.45) is 4.04. The van der Waals surface area contributed by atoms with Gasteiger partial charge in [-0.1, -0.05) is 30.7 Å². The summed E-state index contributed by atoms with van der Waals surface area (Å²) >= 11 is 0. The highest BCUT2D eigenvalue weighted by Crippen LogP contribution is 2.21. The van der Waals surface area contributed by atoms with Crippen LogP contribution in [-0.4, -0.2) is 35.2 Å². The van der Waals surface area contributed by atoms with Gasteiger partial charge in [-0.2, -0.15) is 0 Å². The zero-order valence-corrected chi connectivity index (χ0v) is 13.7. The topological polar surface area (TPSA) is 35.5 Å². The third kappa shape index (κ3) is 4.53. The van der Waals surface area contributed by atoms with E-state index in [2.05, 4.69) is 43.1 Å². The van der Waals surface area contributed by atoms with Crippen molar-refractivity contribution in [3.05, 3.63) is 35.4 Å². The lowest BCUT2D eigenvalue weighted by atomic mass is 9.97. The van der Waals surface area contributed by atoms with E-state index < -0.39 is 0 Å². The predicted octanol–water partition coefficient (Wildman–Crippen LogP) is 3.09. The van der Waals surface area contributed by atoms with Gasteiger partial charge >= 0.3 is 0 Å². The molecule has 0 spiro atoms. The van der Waals surface area contributed by atoms with Crippen LogP contribution in [0.1, 0.15) is 57.2 Å². The zero-order chi connectivity index (χ0) is 15.3. The standard InChI is InChI=1S/C18H30N2O/c1-15(17-9-7-8-16(12-17)13-21)19-14-18(2,3)20-10-5-4-6-11-20/h7-9,12,15,19,21H,4-6,10-11,13-14H2,1-3H3. The van der Waals surface area contributed by atoms with Gasteiger partial charge in [-0.3, -0.25) is 4.90 Å². The lowest BCUT2D eigenvalue weighted by Crippen LogP contribution is -2.52. The molecule has 1 heterocycles. The molecule has 1 aromatic rings. The lowest BCUT2D eigenvalue weighted by Gasteiger charge is -2.41. The second-order valence-corrected chi connectivity index (χ2v) is 6.87. The van der Waals surface area contributed by atoms with Crippen molar-refractivity contribution < 1.29 is 5.11 Å². The van der Waals surface area contributed by atoms with Gasteiger partial charge in [-0.15, -0.1) is 0 Å². The average Bonchev–Trinajstić information content (AvgIpc) is 2.53. The van der Waals surface area contributed by atoms with Crippen molar-refractivity contribution in [2.24, 2.45) is 0 Å². The minimum absolute atomic E-state index is 0.111. The molecule has 1 saturated heterocycles. The van der Waals surface area contributed by atoms with Crippen molar-refractivity contribution in [3.63, 3.8) is 0 Å². The lowest BCUT2D eigenvalue weighted by molar-refractivity contribution is 0.0923. The van der Waals surface area contributed by atoms with Crippen LogP contribution in [0.5, 0.6) is 0 Å². The fourth-order valence-electron chi connectivity index (χ4n) is 3.09. The number of nitrogens with zero attached hydrogens (tertiary/aromatic N) is 1. The predicted molar refractivity (Wildman–Crippen MR) is 88.3 cm³/mol. The molecule has 0 amide bonds. The van der Waals surface area contributed by atoms with Crippen molar-refractivity contribution in [3.8, 4) is 0 Å². The number of piperidine rings is 1. The molecule has 0 radical (unpaired) electrons. The highest BCUT2D eigenvalue weighted by molar-refractivity contribution is 5.25. The minimum atomic E-state index is 0.111. The molecule has 0 saturated carbocycles. The Hall–Kier alpha value is -0.900. The molecule has 2 N–H and O–H groups in total. The molecule has 118 valence electrons. The fourth-order valence-corrected chi connectivity index (χ4v) is 3.09. The smallest absolute Gasteiger partial charge is 0.0681 e. The second kappa shape index (κ2) is 7.39. The van der Waals surface area contributed by atoms with Gasteiger partial charge in [-0.25, -0.2) is 0 Å². The molecule has 1 unspecified atom stereocenters. The number of rotatable bonds is 6. The first-order valence-electron chi connectivity index (χ1n) is 8.21. The van der Waals surface area contributed by atoms with Gasteiger partial charge in [0.1, 0.15) is 0 Å². The molecule has 1 aliphatic rings.